The first-order valence-corrected chi connectivity index (χ1v) is 7.52. The second-order valence-electron chi connectivity index (χ2n) is 5.49. The van der Waals surface area contributed by atoms with Crippen LogP contribution in [0.5, 0.6) is 0 Å². The van der Waals surface area contributed by atoms with Crippen LogP contribution in [-0.2, 0) is 6.54 Å². The lowest BCUT2D eigenvalue weighted by atomic mass is 9.96. The van der Waals surface area contributed by atoms with E-state index in [1.807, 2.05) is 24.3 Å². The summed E-state index contributed by atoms with van der Waals surface area (Å²) in [4.78, 5) is 14.5. The average molecular weight is 275 g/mol. The van der Waals surface area contributed by atoms with Crippen molar-refractivity contribution in [3.63, 3.8) is 0 Å². The first-order chi connectivity index (χ1) is 9.72. The summed E-state index contributed by atoms with van der Waals surface area (Å²) in [5.41, 5.74) is 7.32. The molecule has 0 radical (unpaired) electrons. The molecule has 110 valence electrons. The Balaban J connectivity index is 1.77. The number of carbonyl (C=O) groups excluding carboxylic acids is 1. The second-order valence-corrected chi connectivity index (χ2v) is 5.49. The second kappa shape index (κ2) is 7.41. The SMILES string of the molecule is CCN1CCC(CNC(=O)c2ccc(CN)cc2)CC1. The molecular formula is C16H25N3O. The van der Waals surface area contributed by atoms with E-state index in [1.165, 1.54) is 12.8 Å². The summed E-state index contributed by atoms with van der Waals surface area (Å²) >= 11 is 0. The molecule has 1 saturated heterocycles. The van der Waals surface area contributed by atoms with Crippen molar-refractivity contribution in [3.8, 4) is 0 Å². The number of hydrogen-bond donors (Lipinski definition) is 2. The lowest BCUT2D eigenvalue weighted by molar-refractivity contribution is 0.0937. The molecule has 2 rings (SSSR count). The van der Waals surface area contributed by atoms with Crippen LogP contribution < -0.4 is 11.1 Å². The fourth-order valence-electron chi connectivity index (χ4n) is 2.64. The van der Waals surface area contributed by atoms with Crippen molar-refractivity contribution in [1.82, 2.24) is 10.2 Å². The van der Waals surface area contributed by atoms with Gasteiger partial charge in [-0.1, -0.05) is 19.1 Å². The quantitative estimate of drug-likeness (QED) is 0.858. The van der Waals surface area contributed by atoms with Gasteiger partial charge in [0.1, 0.15) is 0 Å². The van der Waals surface area contributed by atoms with Crippen LogP contribution in [0.4, 0.5) is 0 Å². The van der Waals surface area contributed by atoms with Crippen LogP contribution >= 0.6 is 0 Å². The lowest BCUT2D eigenvalue weighted by Gasteiger charge is -2.31. The zero-order chi connectivity index (χ0) is 14.4. The summed E-state index contributed by atoms with van der Waals surface area (Å²) in [6.07, 6.45) is 2.36. The van der Waals surface area contributed by atoms with E-state index >= 15 is 0 Å². The summed E-state index contributed by atoms with van der Waals surface area (Å²) in [5, 5.41) is 3.05. The summed E-state index contributed by atoms with van der Waals surface area (Å²) in [6.45, 7) is 6.94. The number of piperidine rings is 1. The van der Waals surface area contributed by atoms with Gasteiger partial charge < -0.3 is 16.0 Å². The molecule has 0 aromatic heterocycles. The molecule has 0 saturated carbocycles. The molecule has 0 aliphatic carbocycles. The van der Waals surface area contributed by atoms with Crippen molar-refractivity contribution < 1.29 is 4.79 Å². The molecule has 1 heterocycles. The van der Waals surface area contributed by atoms with Gasteiger partial charge in [-0.25, -0.2) is 0 Å². The Hall–Kier alpha value is -1.39. The van der Waals surface area contributed by atoms with Crippen LogP contribution in [0.1, 0.15) is 35.7 Å². The molecule has 4 heteroatoms. The maximum absolute atomic E-state index is 12.1. The van der Waals surface area contributed by atoms with E-state index < -0.39 is 0 Å². The first-order valence-electron chi connectivity index (χ1n) is 7.52. The maximum Gasteiger partial charge on any atom is 0.251 e. The number of rotatable bonds is 5. The predicted octanol–water partition coefficient (Wildman–Crippen LogP) is 1.61. The molecule has 1 fully saturated rings. The van der Waals surface area contributed by atoms with Crippen LogP contribution in [-0.4, -0.2) is 37.0 Å². The monoisotopic (exact) mass is 275 g/mol. The Labute approximate surface area is 121 Å². The van der Waals surface area contributed by atoms with Crippen LogP contribution in [0.2, 0.25) is 0 Å². The minimum absolute atomic E-state index is 0.0199. The fourth-order valence-corrected chi connectivity index (χ4v) is 2.64. The van der Waals surface area contributed by atoms with E-state index in [1.54, 1.807) is 0 Å². The average Bonchev–Trinajstić information content (AvgIpc) is 2.53. The largest absolute Gasteiger partial charge is 0.352 e. The van der Waals surface area contributed by atoms with Gasteiger partial charge in [-0.05, 0) is 56.1 Å². The molecule has 0 spiro atoms. The number of carbonyl (C=O) groups is 1. The zero-order valence-corrected chi connectivity index (χ0v) is 12.3. The highest BCUT2D eigenvalue weighted by molar-refractivity contribution is 5.94. The van der Waals surface area contributed by atoms with Crippen LogP contribution in [0.3, 0.4) is 0 Å². The highest BCUT2D eigenvalue weighted by atomic mass is 16.1. The molecule has 0 bridgehead atoms. The third-order valence-corrected chi connectivity index (χ3v) is 4.16. The maximum atomic E-state index is 12.1. The van der Waals surface area contributed by atoms with E-state index in [0.717, 1.165) is 31.7 Å². The summed E-state index contributed by atoms with van der Waals surface area (Å²) in [7, 11) is 0. The van der Waals surface area contributed by atoms with Crippen molar-refractivity contribution in [1.29, 1.82) is 0 Å². The van der Waals surface area contributed by atoms with Crippen molar-refractivity contribution >= 4 is 5.91 Å². The zero-order valence-electron chi connectivity index (χ0n) is 12.3. The number of likely N-dealkylation sites (tertiary alicyclic amines) is 1. The highest BCUT2D eigenvalue weighted by Gasteiger charge is 2.18. The smallest absolute Gasteiger partial charge is 0.251 e. The number of nitrogens with one attached hydrogen (secondary N) is 1. The Morgan fingerprint density at radius 2 is 1.95 bits per heavy atom. The Morgan fingerprint density at radius 3 is 2.50 bits per heavy atom. The third kappa shape index (κ3) is 4.05. The van der Waals surface area contributed by atoms with E-state index in [4.69, 9.17) is 5.73 Å². The van der Waals surface area contributed by atoms with Gasteiger partial charge >= 0.3 is 0 Å². The predicted molar refractivity (Wildman–Crippen MR) is 81.5 cm³/mol. The molecule has 0 unspecified atom stereocenters. The Bertz CT molecular complexity index is 422. The van der Waals surface area contributed by atoms with Crippen molar-refractivity contribution in [2.24, 2.45) is 11.7 Å². The fraction of sp³-hybridized carbons (Fsp3) is 0.562. The number of nitrogens with zero attached hydrogens (tertiary/aromatic N) is 1. The molecule has 1 aliphatic rings. The van der Waals surface area contributed by atoms with Gasteiger partial charge in [0.05, 0.1) is 0 Å². The minimum atomic E-state index is 0.0199. The summed E-state index contributed by atoms with van der Waals surface area (Å²) in [6, 6.07) is 7.51. The molecule has 0 atom stereocenters. The third-order valence-electron chi connectivity index (χ3n) is 4.16. The van der Waals surface area contributed by atoms with E-state index in [0.29, 0.717) is 18.0 Å². The number of hydrogen-bond acceptors (Lipinski definition) is 3. The molecule has 1 aromatic rings. The lowest BCUT2D eigenvalue weighted by Crippen LogP contribution is -2.38. The van der Waals surface area contributed by atoms with Gasteiger partial charge in [0.25, 0.3) is 5.91 Å². The highest BCUT2D eigenvalue weighted by Crippen LogP contribution is 2.16. The molecular weight excluding hydrogens is 250 g/mol. The number of nitrogens with two attached hydrogens (primary N) is 1. The van der Waals surface area contributed by atoms with Crippen molar-refractivity contribution in [2.75, 3.05) is 26.2 Å². The number of benzene rings is 1. The van der Waals surface area contributed by atoms with Crippen LogP contribution in [0, 0.1) is 5.92 Å². The topological polar surface area (TPSA) is 58.4 Å². The number of amides is 1. The van der Waals surface area contributed by atoms with Crippen molar-refractivity contribution in [2.45, 2.75) is 26.3 Å². The van der Waals surface area contributed by atoms with E-state index in [2.05, 4.69) is 17.1 Å². The first kappa shape index (κ1) is 15.0. The normalized spacial score (nSPS) is 17.1. The van der Waals surface area contributed by atoms with Gasteiger partial charge in [0.2, 0.25) is 0 Å². The minimum Gasteiger partial charge on any atom is -0.352 e. The van der Waals surface area contributed by atoms with Crippen LogP contribution in [0.15, 0.2) is 24.3 Å². The van der Waals surface area contributed by atoms with E-state index in [-0.39, 0.29) is 5.91 Å². The standard InChI is InChI=1S/C16H25N3O/c1-2-19-9-7-14(8-10-19)12-18-16(20)15-5-3-13(11-17)4-6-15/h3-6,14H,2,7-12,17H2,1H3,(H,18,20). The molecule has 20 heavy (non-hydrogen) atoms. The van der Waals surface area contributed by atoms with Gasteiger partial charge in [0, 0.05) is 18.7 Å². The summed E-state index contributed by atoms with van der Waals surface area (Å²) in [5.74, 6) is 0.636. The molecule has 4 nitrogen and oxygen atoms in total. The molecule has 3 N–H and O–H groups in total. The van der Waals surface area contributed by atoms with Gasteiger partial charge in [0.15, 0.2) is 0 Å². The van der Waals surface area contributed by atoms with Gasteiger partial charge in [-0.2, -0.15) is 0 Å². The Kier molecular flexibility index (Phi) is 5.56. The molecule has 1 amide bonds. The molecule has 1 aromatic carbocycles. The Morgan fingerprint density at radius 1 is 1.30 bits per heavy atom. The van der Waals surface area contributed by atoms with E-state index in [9.17, 15) is 4.79 Å². The van der Waals surface area contributed by atoms with Gasteiger partial charge in [-0.3, -0.25) is 4.79 Å². The van der Waals surface area contributed by atoms with Crippen LogP contribution in [0.25, 0.3) is 0 Å². The molecule has 1 aliphatic heterocycles. The van der Waals surface area contributed by atoms with Gasteiger partial charge in [-0.15, -0.1) is 0 Å². The van der Waals surface area contributed by atoms with Crippen molar-refractivity contribution in [3.05, 3.63) is 35.4 Å². The summed E-state index contributed by atoms with van der Waals surface area (Å²) < 4.78 is 0.